The molecule has 0 aliphatic heterocycles. The maximum absolute atomic E-state index is 12.2. The molecule has 0 atom stereocenters. The molecular weight excluding hydrogens is 338 g/mol. The van der Waals surface area contributed by atoms with Gasteiger partial charge in [-0.05, 0) is 31.2 Å². The Balaban J connectivity index is 1.71. The Morgan fingerprint density at radius 3 is 2.73 bits per heavy atom. The molecule has 3 rings (SSSR count). The van der Waals surface area contributed by atoms with Gasteiger partial charge in [0, 0.05) is 16.5 Å². The summed E-state index contributed by atoms with van der Waals surface area (Å²) in [5.41, 5.74) is 1.54. The molecule has 5 nitrogen and oxygen atoms in total. The van der Waals surface area contributed by atoms with Crippen LogP contribution in [-0.4, -0.2) is 18.4 Å². The summed E-state index contributed by atoms with van der Waals surface area (Å²) in [7, 11) is -3.47. The van der Waals surface area contributed by atoms with E-state index in [4.69, 9.17) is 0 Å². The van der Waals surface area contributed by atoms with Gasteiger partial charge in [0.2, 0.25) is 10.0 Å². The van der Waals surface area contributed by atoms with E-state index in [2.05, 4.69) is 14.7 Å². The predicted octanol–water partition coefficient (Wildman–Crippen LogP) is 3.05. The first-order chi connectivity index (χ1) is 10.5. The first kappa shape index (κ1) is 15.3. The predicted molar refractivity (Wildman–Crippen MR) is 88.4 cm³/mol. The van der Waals surface area contributed by atoms with Crippen LogP contribution in [0.15, 0.2) is 46.1 Å². The Morgan fingerprint density at radius 1 is 1.18 bits per heavy atom. The van der Waals surface area contributed by atoms with E-state index in [1.165, 1.54) is 22.7 Å². The second-order valence-electron chi connectivity index (χ2n) is 4.53. The molecule has 0 radical (unpaired) electrons. The van der Waals surface area contributed by atoms with Gasteiger partial charge in [0.15, 0.2) is 0 Å². The maximum atomic E-state index is 12.2. The highest BCUT2D eigenvalue weighted by Gasteiger charge is 2.16. The largest absolute Gasteiger partial charge is 0.255 e. The van der Waals surface area contributed by atoms with E-state index >= 15 is 0 Å². The number of nitrogens with zero attached hydrogens (tertiary/aromatic N) is 2. The van der Waals surface area contributed by atoms with Crippen LogP contribution in [0.1, 0.15) is 9.88 Å². The Kier molecular flexibility index (Phi) is 4.34. The van der Waals surface area contributed by atoms with Gasteiger partial charge in [-0.25, -0.2) is 18.1 Å². The SMILES string of the molecule is Cc1ccc(S(=O)(=O)NCc2nc(-c3ccccn3)cs2)s1. The fourth-order valence-electron chi connectivity index (χ4n) is 1.81. The molecule has 0 spiro atoms. The normalized spacial score (nSPS) is 11.7. The highest BCUT2D eigenvalue weighted by Crippen LogP contribution is 2.22. The van der Waals surface area contributed by atoms with Crippen molar-refractivity contribution < 1.29 is 8.42 Å². The lowest BCUT2D eigenvalue weighted by atomic mass is 10.3. The first-order valence-corrected chi connectivity index (χ1v) is 9.64. The summed E-state index contributed by atoms with van der Waals surface area (Å²) in [6.45, 7) is 2.06. The second kappa shape index (κ2) is 6.25. The van der Waals surface area contributed by atoms with Gasteiger partial charge >= 0.3 is 0 Å². The van der Waals surface area contributed by atoms with Crippen LogP contribution in [-0.2, 0) is 16.6 Å². The third-order valence-electron chi connectivity index (χ3n) is 2.87. The average Bonchev–Trinajstić information content (AvgIpc) is 3.15. The van der Waals surface area contributed by atoms with Crippen molar-refractivity contribution >= 4 is 32.7 Å². The maximum Gasteiger partial charge on any atom is 0.250 e. The molecular formula is C14H13N3O2S3. The van der Waals surface area contributed by atoms with Crippen molar-refractivity contribution in [2.24, 2.45) is 0 Å². The van der Waals surface area contributed by atoms with Crippen molar-refractivity contribution in [2.45, 2.75) is 17.7 Å². The number of aromatic nitrogens is 2. The number of thiophene rings is 1. The van der Waals surface area contributed by atoms with Crippen LogP contribution in [0.25, 0.3) is 11.4 Å². The molecule has 0 bridgehead atoms. The molecule has 0 saturated heterocycles. The van der Waals surface area contributed by atoms with Crippen molar-refractivity contribution in [1.82, 2.24) is 14.7 Å². The Hall–Kier alpha value is -1.61. The third-order valence-corrected chi connectivity index (χ3v) is 6.62. The smallest absolute Gasteiger partial charge is 0.250 e. The zero-order chi connectivity index (χ0) is 15.6. The van der Waals surface area contributed by atoms with Gasteiger partial charge in [-0.2, -0.15) is 0 Å². The van der Waals surface area contributed by atoms with Gasteiger partial charge in [0.25, 0.3) is 0 Å². The molecule has 3 aromatic rings. The Labute approximate surface area is 136 Å². The fraction of sp³-hybridized carbons (Fsp3) is 0.143. The van der Waals surface area contributed by atoms with Crippen LogP contribution in [0.2, 0.25) is 0 Å². The minimum Gasteiger partial charge on any atom is -0.255 e. The Morgan fingerprint density at radius 2 is 2.05 bits per heavy atom. The summed E-state index contributed by atoms with van der Waals surface area (Å²) < 4.78 is 27.2. The van der Waals surface area contributed by atoms with Crippen LogP contribution in [0.5, 0.6) is 0 Å². The van der Waals surface area contributed by atoms with E-state index in [0.29, 0.717) is 9.22 Å². The molecule has 0 amide bonds. The molecule has 3 heterocycles. The number of rotatable bonds is 5. The highest BCUT2D eigenvalue weighted by atomic mass is 32.2. The molecule has 0 saturated carbocycles. The summed E-state index contributed by atoms with van der Waals surface area (Å²) in [5.74, 6) is 0. The van der Waals surface area contributed by atoms with Gasteiger partial charge < -0.3 is 0 Å². The molecule has 8 heteroatoms. The Bertz CT molecular complexity index is 870. The van der Waals surface area contributed by atoms with Gasteiger partial charge in [0.05, 0.1) is 17.9 Å². The number of pyridine rings is 1. The lowest BCUT2D eigenvalue weighted by Crippen LogP contribution is -2.22. The van der Waals surface area contributed by atoms with Gasteiger partial charge in [-0.3, -0.25) is 4.98 Å². The highest BCUT2D eigenvalue weighted by molar-refractivity contribution is 7.91. The van der Waals surface area contributed by atoms with Crippen molar-refractivity contribution in [1.29, 1.82) is 0 Å². The van der Waals surface area contributed by atoms with E-state index in [-0.39, 0.29) is 6.54 Å². The van der Waals surface area contributed by atoms with E-state index in [0.717, 1.165) is 16.3 Å². The molecule has 0 unspecified atom stereocenters. The van der Waals surface area contributed by atoms with Gasteiger partial charge in [-0.15, -0.1) is 22.7 Å². The summed E-state index contributed by atoms with van der Waals surface area (Å²) >= 11 is 2.67. The van der Waals surface area contributed by atoms with Gasteiger partial charge in [0.1, 0.15) is 9.22 Å². The molecule has 1 N–H and O–H groups in total. The summed E-state index contributed by atoms with van der Waals surface area (Å²) in [6.07, 6.45) is 1.70. The molecule has 114 valence electrons. The van der Waals surface area contributed by atoms with Crippen molar-refractivity contribution in [3.8, 4) is 11.4 Å². The van der Waals surface area contributed by atoms with Crippen LogP contribution >= 0.6 is 22.7 Å². The molecule has 0 aliphatic rings. The van der Waals surface area contributed by atoms with E-state index in [9.17, 15) is 8.42 Å². The minimum absolute atomic E-state index is 0.177. The molecule has 3 aromatic heterocycles. The summed E-state index contributed by atoms with van der Waals surface area (Å²) in [5, 5.41) is 2.58. The minimum atomic E-state index is -3.47. The number of sulfonamides is 1. The topological polar surface area (TPSA) is 72.0 Å². The van der Waals surface area contributed by atoms with Gasteiger partial charge in [-0.1, -0.05) is 6.07 Å². The summed E-state index contributed by atoms with van der Waals surface area (Å²) in [6, 6.07) is 9.01. The van der Waals surface area contributed by atoms with E-state index in [1.54, 1.807) is 18.3 Å². The molecule has 0 aromatic carbocycles. The van der Waals surface area contributed by atoms with Crippen LogP contribution in [0.3, 0.4) is 0 Å². The number of thiazole rings is 1. The summed E-state index contributed by atoms with van der Waals surface area (Å²) in [4.78, 5) is 9.61. The number of hydrogen-bond donors (Lipinski definition) is 1. The van der Waals surface area contributed by atoms with E-state index in [1.807, 2.05) is 30.5 Å². The van der Waals surface area contributed by atoms with E-state index < -0.39 is 10.0 Å². The average molecular weight is 351 g/mol. The molecule has 0 fully saturated rings. The fourth-order valence-corrected chi connectivity index (χ4v) is 4.94. The van der Waals surface area contributed by atoms with Crippen LogP contribution in [0, 0.1) is 6.92 Å². The van der Waals surface area contributed by atoms with Crippen LogP contribution in [0.4, 0.5) is 0 Å². The lowest BCUT2D eigenvalue weighted by molar-refractivity contribution is 0.583. The number of nitrogens with one attached hydrogen (secondary N) is 1. The number of aryl methyl sites for hydroxylation is 1. The first-order valence-electron chi connectivity index (χ1n) is 6.46. The zero-order valence-corrected chi connectivity index (χ0v) is 14.1. The van der Waals surface area contributed by atoms with Crippen LogP contribution < -0.4 is 4.72 Å². The van der Waals surface area contributed by atoms with Crippen molar-refractivity contribution in [3.05, 3.63) is 51.8 Å². The number of hydrogen-bond acceptors (Lipinski definition) is 6. The molecule has 0 aliphatic carbocycles. The van der Waals surface area contributed by atoms with Crippen molar-refractivity contribution in [2.75, 3.05) is 0 Å². The third kappa shape index (κ3) is 3.41. The zero-order valence-electron chi connectivity index (χ0n) is 11.7. The quantitative estimate of drug-likeness (QED) is 0.767. The monoisotopic (exact) mass is 351 g/mol. The standard InChI is InChI=1S/C14H13N3O2S3/c1-10-5-6-14(21-10)22(18,19)16-8-13-17-12(9-20-13)11-4-2-3-7-15-11/h2-7,9,16H,8H2,1H3. The molecule has 22 heavy (non-hydrogen) atoms. The lowest BCUT2D eigenvalue weighted by Gasteiger charge is -2.02. The van der Waals surface area contributed by atoms with Crippen molar-refractivity contribution in [3.63, 3.8) is 0 Å². The second-order valence-corrected chi connectivity index (χ2v) is 8.76.